The zero-order valence-corrected chi connectivity index (χ0v) is 6.33. The van der Waals surface area contributed by atoms with Crippen LogP contribution in [-0.4, -0.2) is 15.2 Å². The van der Waals surface area contributed by atoms with Gasteiger partial charge < -0.3 is 10.2 Å². The Balaban J connectivity index is 2.85. The van der Waals surface area contributed by atoms with Crippen molar-refractivity contribution in [2.45, 2.75) is 13.3 Å². The smallest absolute Gasteiger partial charge is 0.198 e. The van der Waals surface area contributed by atoms with Gasteiger partial charge in [-0.3, -0.25) is 4.98 Å². The van der Waals surface area contributed by atoms with Gasteiger partial charge in [0.2, 0.25) is 0 Å². The highest BCUT2D eigenvalue weighted by Crippen LogP contribution is 2.22. The number of H-pyrrole nitrogens is 1. The van der Waals surface area contributed by atoms with E-state index in [1.165, 1.54) is 6.07 Å². The van der Waals surface area contributed by atoms with Gasteiger partial charge in [0, 0.05) is 11.6 Å². The molecule has 11 heavy (non-hydrogen) atoms. The van der Waals surface area contributed by atoms with Crippen molar-refractivity contribution in [1.29, 1.82) is 0 Å². The van der Waals surface area contributed by atoms with Crippen LogP contribution in [0.5, 0.6) is 11.8 Å². The molecule has 0 aliphatic heterocycles. The van der Waals surface area contributed by atoms with Crippen LogP contribution in [0.25, 0.3) is 6.08 Å². The molecule has 0 unspecified atom stereocenters. The van der Waals surface area contributed by atoms with Gasteiger partial charge in [-0.1, -0.05) is 19.1 Å². The molecule has 1 heterocycles. The highest BCUT2D eigenvalue weighted by atomic mass is 16.3. The molecule has 0 aliphatic carbocycles. The topological polar surface area (TPSA) is 56.2 Å². The Morgan fingerprint density at radius 2 is 2.27 bits per heavy atom. The molecule has 1 rings (SSSR count). The Kier molecular flexibility index (Phi) is 2.21. The van der Waals surface area contributed by atoms with Crippen molar-refractivity contribution in [2.75, 3.05) is 0 Å². The molecule has 0 amide bonds. The zero-order valence-electron chi connectivity index (χ0n) is 6.33. The van der Waals surface area contributed by atoms with Crippen molar-refractivity contribution in [3.63, 3.8) is 0 Å². The van der Waals surface area contributed by atoms with Crippen molar-refractivity contribution < 1.29 is 10.2 Å². The molecule has 0 atom stereocenters. The summed E-state index contributed by atoms with van der Waals surface area (Å²) >= 11 is 0. The lowest BCUT2D eigenvalue weighted by Crippen LogP contribution is -1.65. The molecule has 0 bridgehead atoms. The van der Waals surface area contributed by atoms with E-state index >= 15 is 0 Å². The van der Waals surface area contributed by atoms with E-state index in [0.717, 1.165) is 6.42 Å². The maximum absolute atomic E-state index is 9.09. The summed E-state index contributed by atoms with van der Waals surface area (Å²) in [7, 11) is 0. The van der Waals surface area contributed by atoms with E-state index in [1.807, 2.05) is 13.0 Å². The highest BCUT2D eigenvalue weighted by molar-refractivity contribution is 5.56. The van der Waals surface area contributed by atoms with Crippen LogP contribution in [0.1, 0.15) is 18.9 Å². The number of allylic oxidation sites excluding steroid dienone is 1. The molecule has 0 spiro atoms. The number of aromatic hydroxyl groups is 2. The number of hydrogen-bond donors (Lipinski definition) is 3. The van der Waals surface area contributed by atoms with Crippen LogP contribution in [0.2, 0.25) is 0 Å². The molecule has 1 aromatic rings. The summed E-state index contributed by atoms with van der Waals surface area (Å²) in [6.07, 6.45) is 4.57. The van der Waals surface area contributed by atoms with Gasteiger partial charge in [-0.2, -0.15) is 0 Å². The summed E-state index contributed by atoms with van der Waals surface area (Å²) in [4.78, 5) is 2.38. The van der Waals surface area contributed by atoms with Crippen molar-refractivity contribution in [1.82, 2.24) is 4.98 Å². The molecule has 0 saturated heterocycles. The summed E-state index contributed by atoms with van der Waals surface area (Å²) in [5.41, 5.74) is 0.615. The second-order valence-electron chi connectivity index (χ2n) is 2.27. The Labute approximate surface area is 65.0 Å². The first-order valence-corrected chi connectivity index (χ1v) is 3.51. The van der Waals surface area contributed by atoms with Gasteiger partial charge >= 0.3 is 0 Å². The standard InChI is InChI=1S/C8H11NO2/c1-2-3-4-6-5-7(10)9-8(6)11/h3-5,9-11H,2H2,1H3/b4-3-. The number of hydrogen-bond acceptors (Lipinski definition) is 2. The van der Waals surface area contributed by atoms with E-state index < -0.39 is 0 Å². The number of rotatable bonds is 2. The van der Waals surface area contributed by atoms with Gasteiger partial charge in [0.25, 0.3) is 0 Å². The molecule has 3 heteroatoms. The first-order valence-electron chi connectivity index (χ1n) is 3.51. The summed E-state index contributed by atoms with van der Waals surface area (Å²) in [6, 6.07) is 1.47. The van der Waals surface area contributed by atoms with Crippen molar-refractivity contribution in [3.05, 3.63) is 17.7 Å². The van der Waals surface area contributed by atoms with Crippen LogP contribution < -0.4 is 0 Å². The van der Waals surface area contributed by atoms with Crippen LogP contribution in [0.4, 0.5) is 0 Å². The average Bonchev–Trinajstić information content (AvgIpc) is 2.26. The molecule has 60 valence electrons. The summed E-state index contributed by atoms with van der Waals surface area (Å²) in [5, 5.41) is 18.0. The Morgan fingerprint density at radius 3 is 2.73 bits per heavy atom. The Hall–Kier alpha value is -1.38. The quantitative estimate of drug-likeness (QED) is 0.607. The second-order valence-corrected chi connectivity index (χ2v) is 2.27. The average molecular weight is 153 g/mol. The molecule has 3 N–H and O–H groups in total. The second kappa shape index (κ2) is 3.14. The molecule has 0 aliphatic rings. The molecule has 1 aromatic heterocycles. The normalized spacial score (nSPS) is 11.0. The lowest BCUT2D eigenvalue weighted by molar-refractivity contribution is 0.425. The fourth-order valence-electron chi connectivity index (χ4n) is 0.817. The third-order valence-electron chi connectivity index (χ3n) is 1.35. The predicted octanol–water partition coefficient (Wildman–Crippen LogP) is 1.85. The third kappa shape index (κ3) is 1.77. The molecule has 0 aromatic carbocycles. The lowest BCUT2D eigenvalue weighted by atomic mass is 10.3. The third-order valence-corrected chi connectivity index (χ3v) is 1.35. The SMILES string of the molecule is CC/C=C\c1cc(O)[nH]c1O. The zero-order chi connectivity index (χ0) is 8.27. The van der Waals surface area contributed by atoms with Crippen LogP contribution in [-0.2, 0) is 0 Å². The van der Waals surface area contributed by atoms with Gasteiger partial charge in [0.1, 0.15) is 0 Å². The van der Waals surface area contributed by atoms with Crippen molar-refractivity contribution in [3.8, 4) is 11.8 Å². The highest BCUT2D eigenvalue weighted by Gasteiger charge is 2.00. The minimum atomic E-state index is -0.0155. The Morgan fingerprint density at radius 1 is 1.55 bits per heavy atom. The lowest BCUT2D eigenvalue weighted by Gasteiger charge is -1.85. The molecular formula is C8H11NO2. The molecular weight excluding hydrogens is 142 g/mol. The van der Waals surface area contributed by atoms with E-state index in [0.29, 0.717) is 5.56 Å². The fourth-order valence-corrected chi connectivity index (χ4v) is 0.817. The van der Waals surface area contributed by atoms with Crippen LogP contribution in [0.3, 0.4) is 0 Å². The fraction of sp³-hybridized carbons (Fsp3) is 0.250. The molecule has 0 saturated carbocycles. The summed E-state index contributed by atoms with van der Waals surface area (Å²) in [6.45, 7) is 2.00. The summed E-state index contributed by atoms with van der Waals surface area (Å²) in [5.74, 6) is -0.00884. The van der Waals surface area contributed by atoms with Gasteiger partial charge in [-0.15, -0.1) is 0 Å². The van der Waals surface area contributed by atoms with Crippen LogP contribution in [0.15, 0.2) is 12.1 Å². The van der Waals surface area contributed by atoms with E-state index in [2.05, 4.69) is 4.98 Å². The molecule has 0 fully saturated rings. The van der Waals surface area contributed by atoms with E-state index in [-0.39, 0.29) is 11.8 Å². The molecule has 3 nitrogen and oxygen atoms in total. The minimum Gasteiger partial charge on any atom is -0.494 e. The van der Waals surface area contributed by atoms with E-state index in [4.69, 9.17) is 10.2 Å². The molecule has 0 radical (unpaired) electrons. The number of aromatic amines is 1. The largest absolute Gasteiger partial charge is 0.494 e. The Bertz CT molecular complexity index is 263. The number of aromatic nitrogens is 1. The van der Waals surface area contributed by atoms with Crippen LogP contribution in [0, 0.1) is 0 Å². The van der Waals surface area contributed by atoms with Crippen molar-refractivity contribution >= 4 is 6.08 Å². The first-order chi connectivity index (χ1) is 5.24. The van der Waals surface area contributed by atoms with Gasteiger partial charge in [-0.25, -0.2) is 0 Å². The van der Waals surface area contributed by atoms with Crippen LogP contribution >= 0.6 is 0 Å². The monoisotopic (exact) mass is 153 g/mol. The minimum absolute atomic E-state index is 0.00667. The van der Waals surface area contributed by atoms with Gasteiger partial charge in [-0.05, 0) is 6.42 Å². The maximum Gasteiger partial charge on any atom is 0.198 e. The van der Waals surface area contributed by atoms with Gasteiger partial charge in [0.05, 0.1) is 0 Å². The maximum atomic E-state index is 9.09. The summed E-state index contributed by atoms with van der Waals surface area (Å²) < 4.78 is 0. The predicted molar refractivity (Wildman–Crippen MR) is 43.4 cm³/mol. The van der Waals surface area contributed by atoms with Crippen molar-refractivity contribution in [2.24, 2.45) is 0 Å². The number of nitrogens with one attached hydrogen (secondary N) is 1. The van der Waals surface area contributed by atoms with Gasteiger partial charge in [0.15, 0.2) is 11.8 Å². The van der Waals surface area contributed by atoms with E-state index in [9.17, 15) is 0 Å². The van der Waals surface area contributed by atoms with E-state index in [1.54, 1.807) is 6.08 Å². The first kappa shape index (κ1) is 7.72.